The first-order valence-corrected chi connectivity index (χ1v) is 6.79. The van der Waals surface area contributed by atoms with E-state index < -0.39 is 0 Å². The highest BCUT2D eigenvalue weighted by molar-refractivity contribution is 7.81. The van der Waals surface area contributed by atoms with Crippen LogP contribution in [-0.2, 0) is 19.1 Å². The topological polar surface area (TPSA) is 52.6 Å². The molecular formula is C11H22O4S2. The summed E-state index contributed by atoms with van der Waals surface area (Å²) in [7, 11) is 0. The van der Waals surface area contributed by atoms with Crippen molar-refractivity contribution in [3.63, 3.8) is 0 Å². The number of thiol groups is 2. The molecule has 0 bridgehead atoms. The molecule has 0 heterocycles. The van der Waals surface area contributed by atoms with E-state index in [0.29, 0.717) is 13.2 Å². The molecule has 0 aliphatic heterocycles. The molecule has 0 N–H and O–H groups in total. The SMILES string of the molecule is CCCOCC(=O)CS.CCOCC(=O)CS. The van der Waals surface area contributed by atoms with Crippen LogP contribution in [0.1, 0.15) is 20.3 Å². The summed E-state index contributed by atoms with van der Waals surface area (Å²) in [6.07, 6.45) is 0.958. The highest BCUT2D eigenvalue weighted by Crippen LogP contribution is 1.83. The van der Waals surface area contributed by atoms with Crippen molar-refractivity contribution in [1.29, 1.82) is 0 Å². The highest BCUT2D eigenvalue weighted by atomic mass is 32.1. The Morgan fingerprint density at radius 2 is 1.41 bits per heavy atom. The van der Waals surface area contributed by atoms with Crippen LogP contribution in [0.5, 0.6) is 0 Å². The fourth-order valence-electron chi connectivity index (χ4n) is 0.638. The zero-order valence-corrected chi connectivity index (χ0v) is 12.3. The zero-order valence-electron chi connectivity index (χ0n) is 10.5. The van der Waals surface area contributed by atoms with Crippen molar-refractivity contribution in [2.24, 2.45) is 0 Å². The minimum Gasteiger partial charge on any atom is -0.374 e. The lowest BCUT2D eigenvalue weighted by Crippen LogP contribution is -2.09. The molecule has 0 rings (SSSR count). The Labute approximate surface area is 114 Å². The van der Waals surface area contributed by atoms with Crippen molar-refractivity contribution in [1.82, 2.24) is 0 Å². The number of hydrogen-bond acceptors (Lipinski definition) is 6. The fourth-order valence-corrected chi connectivity index (χ4v) is 0.820. The van der Waals surface area contributed by atoms with Gasteiger partial charge < -0.3 is 9.47 Å². The molecule has 0 saturated heterocycles. The summed E-state index contributed by atoms with van der Waals surface area (Å²) < 4.78 is 9.72. The van der Waals surface area contributed by atoms with Crippen molar-refractivity contribution in [3.05, 3.63) is 0 Å². The Morgan fingerprint density at radius 3 is 1.76 bits per heavy atom. The van der Waals surface area contributed by atoms with Crippen LogP contribution in [0.4, 0.5) is 0 Å². The lowest BCUT2D eigenvalue weighted by Gasteiger charge is -1.97. The number of rotatable bonds is 9. The molecule has 0 spiro atoms. The molecule has 0 radical (unpaired) electrons. The molecule has 0 aromatic rings. The summed E-state index contributed by atoms with van der Waals surface area (Å²) in [5, 5.41) is 0. The Kier molecular flexibility index (Phi) is 18.1. The van der Waals surface area contributed by atoms with Crippen molar-refractivity contribution in [2.45, 2.75) is 20.3 Å². The minimum absolute atomic E-state index is 0.0372. The average Bonchev–Trinajstić information content (AvgIpc) is 2.36. The number of hydrogen-bond donors (Lipinski definition) is 2. The Morgan fingerprint density at radius 1 is 0.941 bits per heavy atom. The Hall–Kier alpha value is -0.0400. The van der Waals surface area contributed by atoms with Gasteiger partial charge in [0.1, 0.15) is 13.2 Å². The maximum absolute atomic E-state index is 10.5. The third-order valence-electron chi connectivity index (χ3n) is 1.43. The minimum atomic E-state index is 0.0372. The third-order valence-corrected chi connectivity index (χ3v) is 2.14. The van der Waals surface area contributed by atoms with E-state index >= 15 is 0 Å². The molecule has 0 saturated carbocycles. The van der Waals surface area contributed by atoms with Gasteiger partial charge in [0.25, 0.3) is 0 Å². The molecule has 0 atom stereocenters. The predicted molar refractivity (Wildman–Crippen MR) is 75.3 cm³/mol. The number of carbonyl (C=O) groups excluding carboxylic acids is 2. The van der Waals surface area contributed by atoms with Crippen molar-refractivity contribution in [2.75, 3.05) is 37.9 Å². The Balaban J connectivity index is 0. The van der Waals surface area contributed by atoms with Crippen LogP contribution in [0.3, 0.4) is 0 Å². The molecule has 102 valence electrons. The normalized spacial score (nSPS) is 9.41. The van der Waals surface area contributed by atoms with E-state index in [1.807, 2.05) is 13.8 Å². The molecule has 0 aliphatic carbocycles. The lowest BCUT2D eigenvalue weighted by molar-refractivity contribution is -0.121. The van der Waals surface area contributed by atoms with Crippen LogP contribution in [0.2, 0.25) is 0 Å². The van der Waals surface area contributed by atoms with Crippen molar-refractivity contribution < 1.29 is 19.1 Å². The number of ether oxygens (including phenoxy) is 2. The van der Waals surface area contributed by atoms with Gasteiger partial charge in [0.15, 0.2) is 11.6 Å². The largest absolute Gasteiger partial charge is 0.374 e. The van der Waals surface area contributed by atoms with Gasteiger partial charge >= 0.3 is 0 Å². The first-order valence-electron chi connectivity index (χ1n) is 5.52. The van der Waals surface area contributed by atoms with Gasteiger partial charge in [0.2, 0.25) is 0 Å². The third kappa shape index (κ3) is 18.5. The van der Waals surface area contributed by atoms with E-state index in [1.165, 1.54) is 0 Å². The zero-order chi connectivity index (χ0) is 13.5. The van der Waals surface area contributed by atoms with Gasteiger partial charge in [-0.1, -0.05) is 6.92 Å². The molecule has 4 nitrogen and oxygen atoms in total. The first kappa shape index (κ1) is 19.3. The average molecular weight is 282 g/mol. The molecule has 0 unspecified atom stereocenters. The van der Waals surface area contributed by atoms with Crippen LogP contribution < -0.4 is 0 Å². The van der Waals surface area contributed by atoms with E-state index in [2.05, 4.69) is 25.3 Å². The van der Waals surface area contributed by atoms with Crippen LogP contribution in [0.25, 0.3) is 0 Å². The van der Waals surface area contributed by atoms with Gasteiger partial charge in [0.05, 0.1) is 11.5 Å². The van der Waals surface area contributed by atoms with Crippen molar-refractivity contribution >= 4 is 36.8 Å². The van der Waals surface area contributed by atoms with E-state index in [9.17, 15) is 9.59 Å². The molecule has 0 aromatic carbocycles. The maximum atomic E-state index is 10.5. The first-order chi connectivity index (χ1) is 8.12. The highest BCUT2D eigenvalue weighted by Gasteiger charge is 1.95. The summed E-state index contributed by atoms with van der Waals surface area (Å²) >= 11 is 7.55. The molecule has 17 heavy (non-hydrogen) atoms. The lowest BCUT2D eigenvalue weighted by atomic mass is 10.5. The smallest absolute Gasteiger partial charge is 0.168 e. The second-order valence-electron chi connectivity index (χ2n) is 3.08. The Bertz CT molecular complexity index is 198. The van der Waals surface area contributed by atoms with Gasteiger partial charge in [-0.15, -0.1) is 0 Å². The van der Waals surface area contributed by atoms with Gasteiger partial charge in [-0.3, -0.25) is 9.59 Å². The van der Waals surface area contributed by atoms with Crippen LogP contribution in [0, 0.1) is 0 Å². The molecule has 0 aliphatic rings. The van der Waals surface area contributed by atoms with E-state index in [1.54, 1.807) is 0 Å². The molecule has 6 heteroatoms. The van der Waals surface area contributed by atoms with Gasteiger partial charge in [-0.05, 0) is 13.3 Å². The molecule has 0 amide bonds. The predicted octanol–water partition coefficient (Wildman–Crippen LogP) is 1.43. The quantitative estimate of drug-likeness (QED) is 0.496. The van der Waals surface area contributed by atoms with Crippen molar-refractivity contribution in [3.8, 4) is 0 Å². The summed E-state index contributed by atoms with van der Waals surface area (Å²) in [6, 6.07) is 0. The second-order valence-corrected chi connectivity index (χ2v) is 3.72. The monoisotopic (exact) mass is 282 g/mol. The molecule has 0 aromatic heterocycles. The van der Waals surface area contributed by atoms with Crippen LogP contribution >= 0.6 is 25.3 Å². The number of carbonyl (C=O) groups is 2. The number of Topliss-reactive ketones (excluding diaryl/α,β-unsaturated/α-hetero) is 2. The van der Waals surface area contributed by atoms with Gasteiger partial charge in [-0.2, -0.15) is 25.3 Å². The van der Waals surface area contributed by atoms with Crippen LogP contribution in [-0.4, -0.2) is 49.5 Å². The van der Waals surface area contributed by atoms with E-state index in [4.69, 9.17) is 9.47 Å². The van der Waals surface area contributed by atoms with Gasteiger partial charge in [0, 0.05) is 13.2 Å². The summed E-state index contributed by atoms with van der Waals surface area (Å²) in [4.78, 5) is 20.9. The van der Waals surface area contributed by atoms with E-state index in [0.717, 1.165) is 6.42 Å². The molecular weight excluding hydrogens is 260 g/mol. The summed E-state index contributed by atoms with van der Waals surface area (Å²) in [6.45, 7) is 5.55. The van der Waals surface area contributed by atoms with Gasteiger partial charge in [-0.25, -0.2) is 0 Å². The van der Waals surface area contributed by atoms with E-state index in [-0.39, 0.29) is 36.3 Å². The standard InChI is InChI=1S/C6H12O2S.C5H10O2S/c1-2-3-8-4-6(7)5-9;1-2-7-3-5(6)4-8/h9H,2-5H2,1H3;8H,2-4H2,1H3. The fraction of sp³-hybridized carbons (Fsp3) is 0.818. The molecule has 0 fully saturated rings. The second kappa shape index (κ2) is 16.0. The summed E-state index contributed by atoms with van der Waals surface area (Å²) in [5.41, 5.74) is 0. The van der Waals surface area contributed by atoms with Crippen LogP contribution in [0.15, 0.2) is 0 Å². The number of ketones is 2. The summed E-state index contributed by atoms with van der Waals surface area (Å²) in [5.74, 6) is 0.644. The maximum Gasteiger partial charge on any atom is 0.168 e.